The van der Waals surface area contributed by atoms with E-state index in [0.29, 0.717) is 30.0 Å². The van der Waals surface area contributed by atoms with E-state index in [1.165, 1.54) is 36.8 Å². The van der Waals surface area contributed by atoms with E-state index in [1.807, 2.05) is 0 Å². The van der Waals surface area contributed by atoms with Gasteiger partial charge in [0.25, 0.3) is 0 Å². The first kappa shape index (κ1) is 22.5. The predicted octanol–water partition coefficient (Wildman–Crippen LogP) is 6.28. The highest BCUT2D eigenvalue weighted by Gasteiger charge is 2.54. The van der Waals surface area contributed by atoms with Crippen LogP contribution in [-0.2, 0) is 4.79 Å². The van der Waals surface area contributed by atoms with E-state index in [4.69, 9.17) is 0 Å². The van der Waals surface area contributed by atoms with Gasteiger partial charge < -0.3 is 0 Å². The van der Waals surface area contributed by atoms with Gasteiger partial charge in [0, 0.05) is 36.0 Å². The van der Waals surface area contributed by atoms with Crippen LogP contribution < -0.4 is 0 Å². The summed E-state index contributed by atoms with van der Waals surface area (Å²) in [5.74, 6) is 2.53. The quantitative estimate of drug-likeness (QED) is 0.467. The molecule has 4 unspecified atom stereocenters. The summed E-state index contributed by atoms with van der Waals surface area (Å²) in [4.78, 5) is 19.7. The summed E-state index contributed by atoms with van der Waals surface area (Å²) in [5, 5.41) is 0. The number of benzene rings is 2. The van der Waals surface area contributed by atoms with Crippen LogP contribution in [0.1, 0.15) is 75.6 Å². The van der Waals surface area contributed by atoms with E-state index in [0.717, 1.165) is 37.8 Å². The molecule has 0 amide bonds. The molecule has 180 valence electrons. The van der Waals surface area contributed by atoms with Gasteiger partial charge in [0.1, 0.15) is 5.78 Å². The monoisotopic (exact) mass is 456 g/mol. The summed E-state index contributed by atoms with van der Waals surface area (Å²) < 4.78 is 0. The Morgan fingerprint density at radius 3 is 1.38 bits per heavy atom. The first-order chi connectivity index (χ1) is 16.6. The lowest BCUT2D eigenvalue weighted by Crippen LogP contribution is -2.44. The van der Waals surface area contributed by atoms with Gasteiger partial charge in [-0.05, 0) is 88.4 Å². The topological polar surface area (TPSA) is 23.6 Å². The number of carbonyl (C=O) groups is 1. The van der Waals surface area contributed by atoms with Gasteiger partial charge in [-0.2, -0.15) is 0 Å². The zero-order valence-electron chi connectivity index (χ0n) is 20.9. The molecule has 0 aromatic heterocycles. The average Bonchev–Trinajstić information content (AvgIpc) is 3.83. The van der Waals surface area contributed by atoms with Crippen LogP contribution in [0.2, 0.25) is 0 Å². The van der Waals surface area contributed by atoms with Gasteiger partial charge in [-0.1, -0.05) is 60.7 Å². The molecule has 6 atom stereocenters. The van der Waals surface area contributed by atoms with E-state index in [2.05, 4.69) is 84.3 Å². The Kier molecular flexibility index (Phi) is 6.11. The highest BCUT2D eigenvalue weighted by atomic mass is 16.1. The molecule has 3 nitrogen and oxygen atoms in total. The van der Waals surface area contributed by atoms with Crippen molar-refractivity contribution in [3.05, 3.63) is 71.8 Å². The van der Waals surface area contributed by atoms with Crippen molar-refractivity contribution in [1.82, 2.24) is 9.80 Å². The van der Waals surface area contributed by atoms with Crippen molar-refractivity contribution in [2.24, 2.45) is 23.7 Å². The number of rotatable bonds is 8. The van der Waals surface area contributed by atoms with Crippen molar-refractivity contribution in [3.8, 4) is 0 Å². The summed E-state index contributed by atoms with van der Waals surface area (Å²) in [7, 11) is 0. The highest BCUT2D eigenvalue weighted by Crippen LogP contribution is 2.50. The number of carbonyl (C=O) groups excluding carboxylic acids is 1. The van der Waals surface area contributed by atoms with Crippen molar-refractivity contribution >= 4 is 5.78 Å². The lowest BCUT2D eigenvalue weighted by atomic mass is 9.80. The molecule has 4 aliphatic rings. The van der Waals surface area contributed by atoms with Gasteiger partial charge >= 0.3 is 0 Å². The third-order valence-electron chi connectivity index (χ3n) is 9.49. The predicted molar refractivity (Wildman–Crippen MR) is 137 cm³/mol. The minimum absolute atomic E-state index is 0.233. The van der Waals surface area contributed by atoms with Crippen LogP contribution in [-0.4, -0.2) is 40.8 Å². The fraction of sp³-hybridized carbons (Fsp3) is 0.581. The Bertz CT molecular complexity index is 904. The molecule has 34 heavy (non-hydrogen) atoms. The van der Waals surface area contributed by atoms with E-state index in [1.54, 1.807) is 0 Å². The molecular formula is C31H40N2O. The van der Waals surface area contributed by atoms with Crippen molar-refractivity contribution in [3.63, 3.8) is 0 Å². The molecule has 3 heteroatoms. The minimum atomic E-state index is 0.233. The molecule has 2 aliphatic heterocycles. The molecule has 2 saturated heterocycles. The van der Waals surface area contributed by atoms with Crippen LogP contribution in [0.4, 0.5) is 0 Å². The molecule has 2 heterocycles. The third-order valence-corrected chi connectivity index (χ3v) is 9.49. The molecule has 0 spiro atoms. The van der Waals surface area contributed by atoms with Crippen molar-refractivity contribution in [2.75, 3.05) is 13.1 Å². The number of ketones is 1. The van der Waals surface area contributed by atoms with Crippen molar-refractivity contribution in [2.45, 2.75) is 76.5 Å². The summed E-state index contributed by atoms with van der Waals surface area (Å²) >= 11 is 0. The highest BCUT2D eigenvalue weighted by molar-refractivity contribution is 5.85. The number of hydrogen-bond donors (Lipinski definition) is 0. The summed E-state index contributed by atoms with van der Waals surface area (Å²) in [6.45, 7) is 6.84. The van der Waals surface area contributed by atoms with E-state index >= 15 is 0 Å². The van der Waals surface area contributed by atoms with Crippen molar-refractivity contribution < 1.29 is 4.79 Å². The smallest absolute Gasteiger partial charge is 0.142 e. The van der Waals surface area contributed by atoms with Crippen molar-refractivity contribution in [1.29, 1.82) is 0 Å². The third kappa shape index (κ3) is 4.16. The van der Waals surface area contributed by atoms with Gasteiger partial charge in [0.2, 0.25) is 0 Å². The van der Waals surface area contributed by atoms with Gasteiger partial charge in [0.15, 0.2) is 0 Å². The van der Waals surface area contributed by atoms with Crippen LogP contribution >= 0.6 is 0 Å². The number of likely N-dealkylation sites (tertiary alicyclic amines) is 2. The summed E-state index contributed by atoms with van der Waals surface area (Å²) in [6.07, 6.45) is 7.33. The molecule has 0 bridgehead atoms. The lowest BCUT2D eigenvalue weighted by molar-refractivity contribution is -0.129. The SMILES string of the molecule is C[C@H](c1ccccc1)N1CCC(C(=O)C2CCN([C@H](C)c3ccccc3)C2C2CC2)C1C1CC1. The van der Waals surface area contributed by atoms with Gasteiger partial charge in [-0.3, -0.25) is 14.6 Å². The average molecular weight is 457 g/mol. The maximum atomic E-state index is 14.3. The van der Waals surface area contributed by atoms with E-state index in [9.17, 15) is 4.79 Å². The lowest BCUT2D eigenvalue weighted by Gasteiger charge is -2.36. The normalized spacial score (nSPS) is 32.1. The van der Waals surface area contributed by atoms with Gasteiger partial charge in [-0.15, -0.1) is 0 Å². The molecule has 0 radical (unpaired) electrons. The maximum Gasteiger partial charge on any atom is 0.142 e. The van der Waals surface area contributed by atoms with E-state index < -0.39 is 0 Å². The second kappa shape index (κ2) is 9.24. The van der Waals surface area contributed by atoms with Crippen LogP contribution in [0.5, 0.6) is 0 Å². The second-order valence-corrected chi connectivity index (χ2v) is 11.5. The zero-order chi connectivity index (χ0) is 23.2. The summed E-state index contributed by atoms with van der Waals surface area (Å²) in [6, 6.07) is 23.5. The Morgan fingerprint density at radius 2 is 1.03 bits per heavy atom. The summed E-state index contributed by atoms with van der Waals surface area (Å²) in [5.41, 5.74) is 2.78. The first-order valence-corrected chi connectivity index (χ1v) is 13.8. The number of Topliss-reactive ketones (excluding diaryl/α,β-unsaturated/α-hetero) is 1. The van der Waals surface area contributed by atoms with Gasteiger partial charge in [0.05, 0.1) is 0 Å². The number of hydrogen-bond acceptors (Lipinski definition) is 3. The minimum Gasteiger partial charge on any atom is -0.299 e. The molecule has 4 fully saturated rings. The van der Waals surface area contributed by atoms with Crippen LogP contribution in [0, 0.1) is 23.7 Å². The second-order valence-electron chi connectivity index (χ2n) is 11.5. The maximum absolute atomic E-state index is 14.3. The largest absolute Gasteiger partial charge is 0.299 e. The molecule has 2 aromatic rings. The Hall–Kier alpha value is -1.97. The molecule has 0 N–H and O–H groups in total. The standard InChI is InChI=1S/C31H40N2O/c1-21(23-9-5-3-6-10-23)32-19-17-27(29(32)25-13-14-25)31(34)28-18-20-33(30(28)26-15-16-26)22(2)24-11-7-4-8-12-24/h3-12,21-22,25-30H,13-20H2,1-2H3/t21-,22-,27?,28?,29?,30?/m1/s1. The Morgan fingerprint density at radius 1 is 0.647 bits per heavy atom. The fourth-order valence-corrected chi connectivity index (χ4v) is 7.40. The molecule has 6 rings (SSSR count). The van der Waals surface area contributed by atoms with Crippen LogP contribution in [0.3, 0.4) is 0 Å². The van der Waals surface area contributed by atoms with E-state index in [-0.39, 0.29) is 11.8 Å². The Labute approximate surface area is 205 Å². The molecule has 2 saturated carbocycles. The van der Waals surface area contributed by atoms with Gasteiger partial charge in [-0.25, -0.2) is 0 Å². The number of nitrogens with zero attached hydrogens (tertiary/aromatic N) is 2. The van der Waals surface area contributed by atoms with Crippen LogP contribution in [0.15, 0.2) is 60.7 Å². The molecule has 2 aromatic carbocycles. The fourth-order valence-electron chi connectivity index (χ4n) is 7.40. The zero-order valence-corrected chi connectivity index (χ0v) is 20.9. The first-order valence-electron chi connectivity index (χ1n) is 13.8. The molecular weight excluding hydrogens is 416 g/mol. The van der Waals surface area contributed by atoms with Crippen LogP contribution in [0.25, 0.3) is 0 Å². The Balaban J connectivity index is 1.22. The molecule has 2 aliphatic carbocycles.